The van der Waals surface area contributed by atoms with Crippen LogP contribution < -0.4 is 5.32 Å². The van der Waals surface area contributed by atoms with Crippen LogP contribution in [0.1, 0.15) is 53.4 Å². The molecule has 110 valence electrons. The van der Waals surface area contributed by atoms with Crippen molar-refractivity contribution in [2.75, 3.05) is 33.3 Å². The van der Waals surface area contributed by atoms with Gasteiger partial charge in [-0.05, 0) is 46.8 Å². The van der Waals surface area contributed by atoms with Crippen molar-refractivity contribution >= 4 is 0 Å². The van der Waals surface area contributed by atoms with Crippen LogP contribution in [0, 0.1) is 0 Å². The maximum absolute atomic E-state index is 5.54. The smallest absolute Gasteiger partial charge is 0.0596 e. The maximum Gasteiger partial charge on any atom is 0.0596 e. The molecule has 0 aromatic heterocycles. The molecule has 1 N–H and O–H groups in total. The standard InChI is InChI=1S/C15H34N2O/c1-14(2)16-10-8-6-7-9-11-17(5)12-13-18-15(3)4/h14-16H,6-13H2,1-5H3. The lowest BCUT2D eigenvalue weighted by atomic mass is 10.2. The van der Waals surface area contributed by atoms with Crippen molar-refractivity contribution in [1.29, 1.82) is 0 Å². The molecule has 0 rings (SSSR count). The SMILES string of the molecule is CC(C)NCCCCCCN(C)CCOC(C)C. The maximum atomic E-state index is 5.54. The zero-order valence-corrected chi connectivity index (χ0v) is 13.2. The van der Waals surface area contributed by atoms with E-state index in [-0.39, 0.29) is 0 Å². The van der Waals surface area contributed by atoms with Crippen molar-refractivity contribution in [1.82, 2.24) is 10.2 Å². The Morgan fingerprint density at radius 1 is 0.944 bits per heavy atom. The molecule has 0 spiro atoms. The van der Waals surface area contributed by atoms with Gasteiger partial charge in [0.25, 0.3) is 0 Å². The van der Waals surface area contributed by atoms with Crippen molar-refractivity contribution in [3.63, 3.8) is 0 Å². The average molecular weight is 258 g/mol. The van der Waals surface area contributed by atoms with Gasteiger partial charge in [-0.1, -0.05) is 26.7 Å². The Bertz CT molecular complexity index is 172. The number of likely N-dealkylation sites (N-methyl/N-ethyl adjacent to an activating group) is 1. The van der Waals surface area contributed by atoms with Gasteiger partial charge < -0.3 is 15.0 Å². The Balaban J connectivity index is 3.17. The average Bonchev–Trinajstić information content (AvgIpc) is 2.26. The van der Waals surface area contributed by atoms with E-state index < -0.39 is 0 Å². The Labute approximate surface area is 114 Å². The molecule has 0 aromatic carbocycles. The van der Waals surface area contributed by atoms with E-state index in [2.05, 4.69) is 45.0 Å². The molecule has 0 atom stereocenters. The number of unbranched alkanes of at least 4 members (excludes halogenated alkanes) is 3. The van der Waals surface area contributed by atoms with Crippen LogP contribution in [0.4, 0.5) is 0 Å². The van der Waals surface area contributed by atoms with Crippen molar-refractivity contribution < 1.29 is 4.74 Å². The highest BCUT2D eigenvalue weighted by Crippen LogP contribution is 2.01. The minimum Gasteiger partial charge on any atom is -0.377 e. The Morgan fingerprint density at radius 2 is 1.61 bits per heavy atom. The van der Waals surface area contributed by atoms with Crippen LogP contribution in [0.5, 0.6) is 0 Å². The number of hydrogen-bond donors (Lipinski definition) is 1. The van der Waals surface area contributed by atoms with Gasteiger partial charge in [0.2, 0.25) is 0 Å². The topological polar surface area (TPSA) is 24.5 Å². The largest absolute Gasteiger partial charge is 0.377 e. The van der Waals surface area contributed by atoms with Crippen molar-refractivity contribution in [3.05, 3.63) is 0 Å². The molecule has 0 fully saturated rings. The zero-order valence-electron chi connectivity index (χ0n) is 13.2. The first-order chi connectivity index (χ1) is 8.52. The van der Waals surface area contributed by atoms with Crippen LogP contribution in [0.25, 0.3) is 0 Å². The van der Waals surface area contributed by atoms with Crippen LogP contribution in [-0.4, -0.2) is 50.3 Å². The summed E-state index contributed by atoms with van der Waals surface area (Å²) in [6, 6.07) is 0.622. The van der Waals surface area contributed by atoms with Crippen LogP contribution in [0.3, 0.4) is 0 Å². The number of rotatable bonds is 12. The van der Waals surface area contributed by atoms with Gasteiger partial charge in [-0.3, -0.25) is 0 Å². The third-order valence-electron chi connectivity index (χ3n) is 2.94. The predicted octanol–water partition coefficient (Wildman–Crippen LogP) is 2.90. The van der Waals surface area contributed by atoms with E-state index in [0.717, 1.165) is 19.7 Å². The summed E-state index contributed by atoms with van der Waals surface area (Å²) in [5.41, 5.74) is 0. The van der Waals surface area contributed by atoms with E-state index in [9.17, 15) is 0 Å². The summed E-state index contributed by atoms with van der Waals surface area (Å²) in [5, 5.41) is 3.46. The lowest BCUT2D eigenvalue weighted by Gasteiger charge is -2.17. The molecule has 18 heavy (non-hydrogen) atoms. The number of nitrogens with one attached hydrogen (secondary N) is 1. The van der Waals surface area contributed by atoms with Gasteiger partial charge in [-0.2, -0.15) is 0 Å². The molecule has 0 bridgehead atoms. The van der Waals surface area contributed by atoms with Crippen LogP contribution in [0.15, 0.2) is 0 Å². The third kappa shape index (κ3) is 13.9. The summed E-state index contributed by atoms with van der Waals surface area (Å²) in [6.45, 7) is 12.8. The van der Waals surface area contributed by atoms with E-state index in [1.807, 2.05) is 0 Å². The van der Waals surface area contributed by atoms with Crippen molar-refractivity contribution in [3.8, 4) is 0 Å². The van der Waals surface area contributed by atoms with E-state index in [4.69, 9.17) is 4.74 Å². The van der Waals surface area contributed by atoms with Gasteiger partial charge in [-0.15, -0.1) is 0 Å². The van der Waals surface area contributed by atoms with E-state index >= 15 is 0 Å². The highest BCUT2D eigenvalue weighted by molar-refractivity contribution is 4.55. The molecule has 3 heteroatoms. The van der Waals surface area contributed by atoms with Crippen LogP contribution >= 0.6 is 0 Å². The first-order valence-corrected chi connectivity index (χ1v) is 7.56. The molecule has 0 radical (unpaired) electrons. The van der Waals surface area contributed by atoms with Gasteiger partial charge >= 0.3 is 0 Å². The normalized spacial score (nSPS) is 12.0. The van der Waals surface area contributed by atoms with Gasteiger partial charge in [-0.25, -0.2) is 0 Å². The predicted molar refractivity (Wildman–Crippen MR) is 80.2 cm³/mol. The van der Waals surface area contributed by atoms with Gasteiger partial charge in [0.05, 0.1) is 12.7 Å². The second-order valence-corrected chi connectivity index (χ2v) is 5.75. The molecular weight excluding hydrogens is 224 g/mol. The summed E-state index contributed by atoms with van der Waals surface area (Å²) >= 11 is 0. The molecular formula is C15H34N2O. The zero-order chi connectivity index (χ0) is 13.8. The van der Waals surface area contributed by atoms with E-state index in [0.29, 0.717) is 12.1 Å². The summed E-state index contributed by atoms with van der Waals surface area (Å²) in [4.78, 5) is 2.37. The van der Waals surface area contributed by atoms with E-state index in [1.165, 1.54) is 32.2 Å². The monoisotopic (exact) mass is 258 g/mol. The van der Waals surface area contributed by atoms with Crippen molar-refractivity contribution in [2.45, 2.75) is 65.5 Å². The lowest BCUT2D eigenvalue weighted by molar-refractivity contribution is 0.0636. The Kier molecular flexibility index (Phi) is 11.9. The molecule has 0 aromatic rings. The second-order valence-electron chi connectivity index (χ2n) is 5.75. The molecule has 0 heterocycles. The van der Waals surface area contributed by atoms with Crippen molar-refractivity contribution in [2.24, 2.45) is 0 Å². The quantitative estimate of drug-likeness (QED) is 0.545. The number of hydrogen-bond acceptors (Lipinski definition) is 3. The summed E-state index contributed by atoms with van der Waals surface area (Å²) in [5.74, 6) is 0. The summed E-state index contributed by atoms with van der Waals surface area (Å²) < 4.78 is 5.54. The molecule has 0 unspecified atom stereocenters. The lowest BCUT2D eigenvalue weighted by Crippen LogP contribution is -2.25. The first-order valence-electron chi connectivity index (χ1n) is 7.56. The second kappa shape index (κ2) is 11.9. The fourth-order valence-corrected chi connectivity index (χ4v) is 1.81. The molecule has 0 aliphatic heterocycles. The summed E-state index contributed by atoms with van der Waals surface area (Å²) in [6.07, 6.45) is 5.65. The van der Waals surface area contributed by atoms with Gasteiger partial charge in [0, 0.05) is 12.6 Å². The molecule has 0 aliphatic rings. The molecule has 0 saturated carbocycles. The molecule has 0 amide bonds. The summed E-state index contributed by atoms with van der Waals surface area (Å²) in [7, 11) is 2.18. The molecule has 0 saturated heterocycles. The van der Waals surface area contributed by atoms with Gasteiger partial charge in [0.15, 0.2) is 0 Å². The third-order valence-corrected chi connectivity index (χ3v) is 2.94. The molecule has 0 aliphatic carbocycles. The minimum absolute atomic E-state index is 0.354. The minimum atomic E-state index is 0.354. The Morgan fingerprint density at radius 3 is 2.22 bits per heavy atom. The highest BCUT2D eigenvalue weighted by atomic mass is 16.5. The number of nitrogens with zero attached hydrogens (tertiary/aromatic N) is 1. The fourth-order valence-electron chi connectivity index (χ4n) is 1.81. The molecule has 3 nitrogen and oxygen atoms in total. The van der Waals surface area contributed by atoms with Gasteiger partial charge in [0.1, 0.15) is 0 Å². The first kappa shape index (κ1) is 17.9. The van der Waals surface area contributed by atoms with E-state index in [1.54, 1.807) is 0 Å². The Hall–Kier alpha value is -0.120. The van der Waals surface area contributed by atoms with Crippen LogP contribution in [-0.2, 0) is 4.74 Å². The number of ether oxygens (including phenoxy) is 1. The fraction of sp³-hybridized carbons (Fsp3) is 1.00. The van der Waals surface area contributed by atoms with Crippen LogP contribution in [0.2, 0.25) is 0 Å². The highest BCUT2D eigenvalue weighted by Gasteiger charge is 1.99.